The summed E-state index contributed by atoms with van der Waals surface area (Å²) in [4.78, 5) is 12.5. The maximum atomic E-state index is 13.3. The minimum Gasteiger partial charge on any atom is -0.495 e. The Kier molecular flexibility index (Phi) is 6.25. The third-order valence-electron chi connectivity index (χ3n) is 5.59. The number of rotatable bonds is 7. The molecular formula is C25H24FN3O5S. The molecule has 1 amide bonds. The van der Waals surface area contributed by atoms with Gasteiger partial charge in [0, 0.05) is 34.4 Å². The number of amides is 1. The van der Waals surface area contributed by atoms with E-state index in [0.717, 1.165) is 0 Å². The van der Waals surface area contributed by atoms with Crippen LogP contribution in [0.5, 0.6) is 11.5 Å². The molecule has 0 atom stereocenters. The van der Waals surface area contributed by atoms with Crippen LogP contribution in [-0.2, 0) is 20.2 Å². The number of carbonyl (C=O) groups is 1. The largest absolute Gasteiger partial charge is 0.495 e. The van der Waals surface area contributed by atoms with Crippen LogP contribution in [0.3, 0.4) is 0 Å². The zero-order chi connectivity index (χ0) is 25.4. The van der Waals surface area contributed by atoms with Crippen molar-refractivity contribution in [2.75, 3.05) is 13.7 Å². The molecule has 3 aromatic rings. The van der Waals surface area contributed by atoms with Crippen molar-refractivity contribution in [2.24, 2.45) is 0 Å². The molecule has 0 spiro atoms. The summed E-state index contributed by atoms with van der Waals surface area (Å²) < 4.78 is 54.1. The Morgan fingerprint density at radius 2 is 2.00 bits per heavy atom. The van der Waals surface area contributed by atoms with E-state index in [1.54, 1.807) is 36.4 Å². The summed E-state index contributed by atoms with van der Waals surface area (Å²) in [5.74, 6) is -1.33. The minimum atomic E-state index is -4.35. The molecule has 35 heavy (non-hydrogen) atoms. The highest BCUT2D eigenvalue weighted by molar-refractivity contribution is 7.90. The maximum Gasteiger partial charge on any atom is 0.271 e. The SMILES string of the molecule is C=C(/C=C\c1ccccc1-n1ccc(F)n1)C(=O)NS(=O)(=O)c1c(OC)ccc2c1OCC2(C)C. The van der Waals surface area contributed by atoms with Crippen molar-refractivity contribution in [3.63, 3.8) is 0 Å². The molecule has 8 nitrogen and oxygen atoms in total. The summed E-state index contributed by atoms with van der Waals surface area (Å²) in [6.07, 6.45) is 4.40. The van der Waals surface area contributed by atoms with E-state index in [1.807, 2.05) is 18.6 Å². The van der Waals surface area contributed by atoms with Gasteiger partial charge in [-0.2, -0.15) is 4.39 Å². The summed E-state index contributed by atoms with van der Waals surface area (Å²) in [6.45, 7) is 7.84. The molecule has 0 saturated heterocycles. The first-order chi connectivity index (χ1) is 16.5. The molecule has 0 fully saturated rings. The van der Waals surface area contributed by atoms with Crippen LogP contribution in [0.4, 0.5) is 4.39 Å². The van der Waals surface area contributed by atoms with Crippen LogP contribution in [0.2, 0.25) is 0 Å². The van der Waals surface area contributed by atoms with Crippen LogP contribution < -0.4 is 14.2 Å². The fraction of sp³-hybridized carbons (Fsp3) is 0.200. The van der Waals surface area contributed by atoms with E-state index in [0.29, 0.717) is 23.4 Å². The van der Waals surface area contributed by atoms with Gasteiger partial charge in [-0.05, 0) is 18.2 Å². The van der Waals surface area contributed by atoms with E-state index in [-0.39, 0.29) is 22.0 Å². The Bertz CT molecular complexity index is 1460. The fourth-order valence-corrected chi connectivity index (χ4v) is 5.05. The van der Waals surface area contributed by atoms with Gasteiger partial charge in [-0.15, -0.1) is 5.10 Å². The number of halogens is 1. The second-order valence-electron chi connectivity index (χ2n) is 8.58. The van der Waals surface area contributed by atoms with Gasteiger partial charge in [-0.25, -0.2) is 17.8 Å². The number of carbonyl (C=O) groups excluding carboxylic acids is 1. The first kappa shape index (κ1) is 24.2. The third-order valence-corrected chi connectivity index (χ3v) is 6.97. The first-order valence-corrected chi connectivity index (χ1v) is 12.1. The van der Waals surface area contributed by atoms with E-state index in [4.69, 9.17) is 9.47 Å². The van der Waals surface area contributed by atoms with Gasteiger partial charge in [0.1, 0.15) is 11.5 Å². The van der Waals surface area contributed by atoms with Gasteiger partial charge in [0.25, 0.3) is 15.9 Å². The highest BCUT2D eigenvalue weighted by Crippen LogP contribution is 2.46. The highest BCUT2D eigenvalue weighted by atomic mass is 32.2. The lowest BCUT2D eigenvalue weighted by Crippen LogP contribution is -2.31. The molecule has 2 heterocycles. The average Bonchev–Trinajstić information content (AvgIpc) is 3.39. The number of hydrogen-bond donors (Lipinski definition) is 1. The van der Waals surface area contributed by atoms with Crippen molar-refractivity contribution >= 4 is 22.0 Å². The predicted octanol–water partition coefficient (Wildman–Crippen LogP) is 3.76. The molecule has 2 aromatic carbocycles. The number of fused-ring (bicyclic) bond motifs is 1. The molecule has 182 valence electrons. The molecule has 10 heteroatoms. The van der Waals surface area contributed by atoms with Gasteiger partial charge < -0.3 is 9.47 Å². The Balaban J connectivity index is 1.58. The first-order valence-electron chi connectivity index (χ1n) is 10.6. The zero-order valence-electron chi connectivity index (χ0n) is 19.4. The Labute approximate surface area is 202 Å². The van der Waals surface area contributed by atoms with Crippen molar-refractivity contribution in [1.82, 2.24) is 14.5 Å². The van der Waals surface area contributed by atoms with E-state index in [2.05, 4.69) is 11.7 Å². The lowest BCUT2D eigenvalue weighted by atomic mass is 9.87. The summed E-state index contributed by atoms with van der Waals surface area (Å²) in [6, 6.07) is 11.5. The van der Waals surface area contributed by atoms with Crippen LogP contribution in [0.25, 0.3) is 11.8 Å². The second-order valence-corrected chi connectivity index (χ2v) is 10.2. The molecule has 1 aliphatic rings. The van der Waals surface area contributed by atoms with E-state index in [9.17, 15) is 17.6 Å². The van der Waals surface area contributed by atoms with Gasteiger partial charge in [0.05, 0.1) is 19.4 Å². The zero-order valence-corrected chi connectivity index (χ0v) is 20.2. The van der Waals surface area contributed by atoms with Crippen molar-refractivity contribution in [2.45, 2.75) is 24.2 Å². The van der Waals surface area contributed by atoms with Gasteiger partial charge in [0.2, 0.25) is 5.95 Å². The number of ether oxygens (including phenoxy) is 2. The molecule has 0 saturated carbocycles. The molecular weight excluding hydrogens is 473 g/mol. The molecule has 1 aliphatic heterocycles. The molecule has 4 rings (SSSR count). The molecule has 0 bridgehead atoms. The van der Waals surface area contributed by atoms with Gasteiger partial charge >= 0.3 is 0 Å². The number of benzene rings is 2. The van der Waals surface area contributed by atoms with Crippen LogP contribution >= 0.6 is 0 Å². The molecule has 0 unspecified atom stereocenters. The summed E-state index contributed by atoms with van der Waals surface area (Å²) in [7, 11) is -3.01. The Hall–Kier alpha value is -3.92. The number of hydrogen-bond acceptors (Lipinski definition) is 6. The van der Waals surface area contributed by atoms with Crippen molar-refractivity contribution < 1.29 is 27.1 Å². The topological polar surface area (TPSA) is 99.5 Å². The lowest BCUT2D eigenvalue weighted by Gasteiger charge is -2.17. The van der Waals surface area contributed by atoms with Crippen LogP contribution in [0.1, 0.15) is 25.0 Å². The smallest absolute Gasteiger partial charge is 0.271 e. The van der Waals surface area contributed by atoms with Crippen molar-refractivity contribution in [3.05, 3.63) is 84.0 Å². The number of nitrogens with one attached hydrogen (secondary N) is 1. The normalized spacial score (nSPS) is 14.4. The number of nitrogens with zero attached hydrogens (tertiary/aromatic N) is 2. The van der Waals surface area contributed by atoms with E-state index >= 15 is 0 Å². The minimum absolute atomic E-state index is 0.0586. The fourth-order valence-electron chi connectivity index (χ4n) is 3.74. The highest BCUT2D eigenvalue weighted by Gasteiger charge is 2.39. The van der Waals surface area contributed by atoms with E-state index in [1.165, 1.54) is 36.2 Å². The number of sulfonamides is 1. The van der Waals surface area contributed by atoms with Gasteiger partial charge in [-0.3, -0.25) is 4.79 Å². The van der Waals surface area contributed by atoms with Crippen molar-refractivity contribution in [3.8, 4) is 17.2 Å². The Morgan fingerprint density at radius 1 is 1.26 bits per heavy atom. The maximum absolute atomic E-state index is 13.3. The second kappa shape index (κ2) is 9.03. The molecule has 1 aromatic heterocycles. The standard InChI is InChI=1S/C25H24FN3O5S/c1-16(9-10-17-7-5-6-8-19(17)29-14-13-21(26)27-29)24(30)28-35(31,32)23-20(33-4)12-11-18-22(23)34-15-25(18,2)3/h5-14H,1,15H2,2-4H3,(H,28,30)/b10-9-. The monoisotopic (exact) mass is 497 g/mol. The van der Waals surface area contributed by atoms with Gasteiger partial charge in [-0.1, -0.05) is 50.8 Å². The molecule has 0 radical (unpaired) electrons. The summed E-state index contributed by atoms with van der Waals surface area (Å²) >= 11 is 0. The summed E-state index contributed by atoms with van der Waals surface area (Å²) in [5, 5.41) is 3.75. The van der Waals surface area contributed by atoms with Crippen LogP contribution in [-0.4, -0.2) is 37.8 Å². The van der Waals surface area contributed by atoms with Crippen LogP contribution in [0.15, 0.2) is 71.8 Å². The number of aromatic nitrogens is 2. The quantitative estimate of drug-likeness (QED) is 0.394. The predicted molar refractivity (Wildman–Crippen MR) is 129 cm³/mol. The molecule has 1 N–H and O–H groups in total. The lowest BCUT2D eigenvalue weighted by molar-refractivity contribution is -0.115. The van der Waals surface area contributed by atoms with Crippen molar-refractivity contribution in [1.29, 1.82) is 0 Å². The summed E-state index contributed by atoms with van der Waals surface area (Å²) in [5.41, 5.74) is 1.38. The average molecular weight is 498 g/mol. The van der Waals surface area contributed by atoms with Crippen LogP contribution in [0, 0.1) is 5.95 Å². The van der Waals surface area contributed by atoms with Gasteiger partial charge in [0.15, 0.2) is 4.90 Å². The molecule has 0 aliphatic carbocycles. The Morgan fingerprint density at radius 3 is 2.69 bits per heavy atom. The number of para-hydroxylation sites is 1. The third kappa shape index (κ3) is 4.69. The number of methoxy groups -OCH3 is 1. The van der Waals surface area contributed by atoms with E-state index < -0.39 is 27.3 Å².